The summed E-state index contributed by atoms with van der Waals surface area (Å²) in [6.45, 7) is 1.69. The first-order chi connectivity index (χ1) is 8.54. The number of aromatic nitrogens is 2. The van der Waals surface area contributed by atoms with E-state index in [0.29, 0.717) is 12.1 Å². The van der Waals surface area contributed by atoms with Crippen molar-refractivity contribution in [3.63, 3.8) is 0 Å². The zero-order valence-corrected chi connectivity index (χ0v) is 10.2. The molecule has 2 heterocycles. The summed E-state index contributed by atoms with van der Waals surface area (Å²) in [5.41, 5.74) is 0.357. The molecule has 1 unspecified atom stereocenters. The van der Waals surface area contributed by atoms with Gasteiger partial charge in [-0.05, 0) is 6.42 Å². The number of carbonyl (C=O) groups excluding carboxylic acids is 3. The molecular weight excluding hydrogens is 236 g/mol. The van der Waals surface area contributed by atoms with E-state index in [2.05, 4.69) is 10.3 Å². The van der Waals surface area contributed by atoms with Crippen LogP contribution in [-0.4, -0.2) is 44.8 Å². The van der Waals surface area contributed by atoms with Gasteiger partial charge in [-0.15, -0.1) is 0 Å². The molecule has 3 amide bonds. The lowest BCUT2D eigenvalue weighted by atomic mass is 10.1. The molecule has 1 saturated heterocycles. The second-order valence-electron chi connectivity index (χ2n) is 4.16. The average Bonchev–Trinajstić information content (AvgIpc) is 2.73. The number of imide groups is 1. The van der Waals surface area contributed by atoms with Gasteiger partial charge in [0.15, 0.2) is 0 Å². The normalized spacial score (nSPS) is 19.9. The van der Waals surface area contributed by atoms with Crippen LogP contribution in [0.5, 0.6) is 0 Å². The number of carbonyl (C=O) groups is 3. The summed E-state index contributed by atoms with van der Waals surface area (Å²) in [6, 6.07) is -0.606. The molecule has 0 saturated carbocycles. The van der Waals surface area contributed by atoms with Gasteiger partial charge in [0.2, 0.25) is 11.8 Å². The molecule has 0 aliphatic carbocycles. The third-order valence-electron chi connectivity index (χ3n) is 2.94. The molecular formula is C11H14N4O3. The summed E-state index contributed by atoms with van der Waals surface area (Å²) < 4.78 is 1.56. The second kappa shape index (κ2) is 4.59. The topological polar surface area (TPSA) is 84.3 Å². The van der Waals surface area contributed by atoms with Crippen molar-refractivity contribution in [1.82, 2.24) is 19.8 Å². The van der Waals surface area contributed by atoms with Gasteiger partial charge < -0.3 is 9.47 Å². The highest BCUT2D eigenvalue weighted by Gasteiger charge is 2.36. The third kappa shape index (κ3) is 1.99. The Hall–Kier alpha value is -2.18. The van der Waals surface area contributed by atoms with Crippen LogP contribution < -0.4 is 5.32 Å². The lowest BCUT2D eigenvalue weighted by Crippen LogP contribution is -2.59. The van der Waals surface area contributed by atoms with Crippen LogP contribution in [0.4, 0.5) is 0 Å². The van der Waals surface area contributed by atoms with Gasteiger partial charge in [-0.2, -0.15) is 0 Å². The Morgan fingerprint density at radius 2 is 2.28 bits per heavy atom. The summed E-state index contributed by atoms with van der Waals surface area (Å²) in [5.74, 6) is -1.24. The van der Waals surface area contributed by atoms with Crippen molar-refractivity contribution in [2.24, 2.45) is 7.05 Å². The number of imidazole rings is 1. The van der Waals surface area contributed by atoms with Gasteiger partial charge >= 0.3 is 0 Å². The van der Waals surface area contributed by atoms with Gasteiger partial charge in [0.25, 0.3) is 5.91 Å². The SMILES string of the molecule is CCC1C(=O)NC(=O)CN1C(=O)c1cncn1C. The van der Waals surface area contributed by atoms with Crippen LogP contribution in [0.3, 0.4) is 0 Å². The van der Waals surface area contributed by atoms with Crippen LogP contribution in [0.15, 0.2) is 12.5 Å². The standard InChI is InChI=1S/C11H14N4O3/c1-3-7-10(17)13-9(16)5-15(7)11(18)8-4-12-6-14(8)2/h4,6-7H,3,5H2,1-2H3,(H,13,16,17). The van der Waals surface area contributed by atoms with E-state index in [0.717, 1.165) is 0 Å². The highest BCUT2D eigenvalue weighted by molar-refractivity contribution is 6.06. The van der Waals surface area contributed by atoms with Crippen LogP contribution in [0, 0.1) is 0 Å². The fourth-order valence-corrected chi connectivity index (χ4v) is 2.00. The molecule has 0 spiro atoms. The first kappa shape index (κ1) is 12.3. The van der Waals surface area contributed by atoms with E-state index in [-0.39, 0.29) is 12.5 Å². The molecule has 7 heteroatoms. The molecule has 0 radical (unpaired) electrons. The monoisotopic (exact) mass is 250 g/mol. The zero-order valence-electron chi connectivity index (χ0n) is 10.2. The molecule has 96 valence electrons. The molecule has 2 rings (SSSR count). The summed E-state index contributed by atoms with van der Waals surface area (Å²) in [5, 5.41) is 2.23. The summed E-state index contributed by atoms with van der Waals surface area (Å²) in [7, 11) is 1.69. The van der Waals surface area contributed by atoms with E-state index in [1.54, 1.807) is 18.5 Å². The van der Waals surface area contributed by atoms with Crippen molar-refractivity contribution in [1.29, 1.82) is 0 Å². The molecule has 1 aromatic rings. The van der Waals surface area contributed by atoms with Crippen LogP contribution in [0.2, 0.25) is 0 Å². The lowest BCUT2D eigenvalue weighted by molar-refractivity contribution is -0.138. The highest BCUT2D eigenvalue weighted by atomic mass is 16.2. The molecule has 1 aromatic heterocycles. The van der Waals surface area contributed by atoms with Crippen molar-refractivity contribution in [3.05, 3.63) is 18.2 Å². The maximum absolute atomic E-state index is 12.3. The smallest absolute Gasteiger partial charge is 0.273 e. The molecule has 1 fully saturated rings. The van der Waals surface area contributed by atoms with Crippen molar-refractivity contribution in [2.75, 3.05) is 6.54 Å². The number of hydrogen-bond acceptors (Lipinski definition) is 4. The molecule has 1 atom stereocenters. The van der Waals surface area contributed by atoms with Crippen molar-refractivity contribution >= 4 is 17.7 Å². The average molecular weight is 250 g/mol. The Morgan fingerprint density at radius 3 is 2.83 bits per heavy atom. The van der Waals surface area contributed by atoms with E-state index in [9.17, 15) is 14.4 Å². The van der Waals surface area contributed by atoms with E-state index >= 15 is 0 Å². The summed E-state index contributed by atoms with van der Waals surface area (Å²) in [6.07, 6.45) is 3.38. The Balaban J connectivity index is 2.30. The molecule has 0 bridgehead atoms. The van der Waals surface area contributed by atoms with Crippen LogP contribution in [-0.2, 0) is 16.6 Å². The van der Waals surface area contributed by atoms with Crippen molar-refractivity contribution in [3.8, 4) is 0 Å². The minimum atomic E-state index is -0.606. The largest absolute Gasteiger partial charge is 0.330 e. The minimum Gasteiger partial charge on any atom is -0.330 e. The molecule has 1 aliphatic rings. The van der Waals surface area contributed by atoms with Crippen molar-refractivity contribution < 1.29 is 14.4 Å². The second-order valence-corrected chi connectivity index (χ2v) is 4.16. The first-order valence-corrected chi connectivity index (χ1v) is 5.65. The van der Waals surface area contributed by atoms with Crippen LogP contribution in [0.25, 0.3) is 0 Å². The first-order valence-electron chi connectivity index (χ1n) is 5.65. The molecule has 7 nitrogen and oxygen atoms in total. The van der Waals surface area contributed by atoms with Crippen LogP contribution in [0.1, 0.15) is 23.8 Å². The fourth-order valence-electron chi connectivity index (χ4n) is 2.00. The minimum absolute atomic E-state index is 0.103. The fraction of sp³-hybridized carbons (Fsp3) is 0.455. The van der Waals surface area contributed by atoms with Gasteiger partial charge in [0.1, 0.15) is 18.3 Å². The van der Waals surface area contributed by atoms with Crippen molar-refractivity contribution in [2.45, 2.75) is 19.4 Å². The van der Waals surface area contributed by atoms with E-state index in [1.165, 1.54) is 17.4 Å². The quantitative estimate of drug-likeness (QED) is 0.703. The Morgan fingerprint density at radius 1 is 1.56 bits per heavy atom. The van der Waals surface area contributed by atoms with Crippen LogP contribution >= 0.6 is 0 Å². The molecule has 1 N–H and O–H groups in total. The predicted octanol–water partition coefficient (Wildman–Crippen LogP) is -0.703. The van der Waals surface area contributed by atoms with E-state index < -0.39 is 17.9 Å². The molecule has 18 heavy (non-hydrogen) atoms. The number of rotatable bonds is 2. The highest BCUT2D eigenvalue weighted by Crippen LogP contribution is 2.13. The Bertz CT molecular complexity index is 508. The van der Waals surface area contributed by atoms with Gasteiger partial charge in [0.05, 0.1) is 12.5 Å². The number of hydrogen-bond donors (Lipinski definition) is 1. The predicted molar refractivity (Wildman–Crippen MR) is 61.5 cm³/mol. The summed E-state index contributed by atoms with van der Waals surface area (Å²) >= 11 is 0. The number of aryl methyl sites for hydroxylation is 1. The number of nitrogens with zero attached hydrogens (tertiary/aromatic N) is 3. The summed E-state index contributed by atoms with van der Waals surface area (Å²) in [4.78, 5) is 40.4. The lowest BCUT2D eigenvalue weighted by Gasteiger charge is -2.33. The van der Waals surface area contributed by atoms with Gasteiger partial charge in [0, 0.05) is 7.05 Å². The third-order valence-corrected chi connectivity index (χ3v) is 2.94. The molecule has 1 aliphatic heterocycles. The van der Waals surface area contributed by atoms with Gasteiger partial charge in [-0.25, -0.2) is 4.98 Å². The van der Waals surface area contributed by atoms with E-state index in [4.69, 9.17) is 0 Å². The van der Waals surface area contributed by atoms with Gasteiger partial charge in [-0.1, -0.05) is 6.92 Å². The number of amides is 3. The number of nitrogens with one attached hydrogen (secondary N) is 1. The van der Waals surface area contributed by atoms with Gasteiger partial charge in [-0.3, -0.25) is 19.7 Å². The Kier molecular flexibility index (Phi) is 3.14. The number of piperazine rings is 1. The zero-order chi connectivity index (χ0) is 13.3. The Labute approximate surface area is 104 Å². The maximum atomic E-state index is 12.3. The molecule has 0 aromatic carbocycles. The van der Waals surface area contributed by atoms with E-state index in [1.807, 2.05) is 0 Å². The maximum Gasteiger partial charge on any atom is 0.273 e.